The summed E-state index contributed by atoms with van der Waals surface area (Å²) in [6.07, 6.45) is 0. The fourth-order valence-corrected chi connectivity index (χ4v) is 3.30. The zero-order valence-electron chi connectivity index (χ0n) is 14.2. The minimum Gasteiger partial charge on any atom is -0.464 e. The summed E-state index contributed by atoms with van der Waals surface area (Å²) in [5.74, 6) is 0.294. The summed E-state index contributed by atoms with van der Waals surface area (Å²) in [6, 6.07) is 1.78. The number of methoxy groups -OCH3 is 1. The molecule has 1 aromatic rings. The largest absolute Gasteiger partial charge is 0.464 e. The Bertz CT molecular complexity index is 638. The Labute approximate surface area is 140 Å². The number of aryl methyl sites for hydroxylation is 1. The van der Waals surface area contributed by atoms with E-state index < -0.39 is 17.1 Å². The first-order chi connectivity index (χ1) is 11.4. The molecule has 2 aliphatic heterocycles. The second-order valence-corrected chi connectivity index (χ2v) is 6.37. The quantitative estimate of drug-likeness (QED) is 0.742. The molecule has 132 valence electrons. The Balaban J connectivity index is 1.90. The third-order valence-electron chi connectivity index (χ3n) is 4.58. The molecule has 0 bridgehead atoms. The molecule has 1 atom stereocenters. The monoisotopic (exact) mass is 339 g/mol. The van der Waals surface area contributed by atoms with Gasteiger partial charge in [-0.1, -0.05) is 0 Å². The maximum absolute atomic E-state index is 15.6. The Hall–Kier alpha value is -1.80. The highest BCUT2D eigenvalue weighted by molar-refractivity contribution is 5.83. The van der Waals surface area contributed by atoms with Gasteiger partial charge < -0.3 is 19.1 Å². The fourth-order valence-electron chi connectivity index (χ4n) is 3.30. The lowest BCUT2D eigenvalue weighted by atomic mass is 9.74. The number of halogens is 1. The molecular weight excluding hydrogens is 317 g/mol. The van der Waals surface area contributed by atoms with Gasteiger partial charge in [-0.2, -0.15) is 0 Å². The van der Waals surface area contributed by atoms with Crippen LogP contribution in [0.25, 0.3) is 0 Å². The lowest BCUT2D eigenvalue weighted by Crippen LogP contribution is -2.61. The van der Waals surface area contributed by atoms with Gasteiger partial charge in [-0.15, -0.1) is 0 Å². The van der Waals surface area contributed by atoms with Crippen LogP contribution in [-0.2, 0) is 25.6 Å². The number of alkyl halides is 1. The molecule has 1 aromatic heterocycles. The number of ether oxygens (including phenoxy) is 3. The van der Waals surface area contributed by atoms with Crippen molar-refractivity contribution in [1.29, 1.82) is 0 Å². The molecule has 3 rings (SSSR count). The number of nitrogens with zero attached hydrogens (tertiary/aromatic N) is 3. The highest BCUT2D eigenvalue weighted by atomic mass is 19.1. The topological polar surface area (TPSA) is 73.8 Å². The van der Waals surface area contributed by atoms with Gasteiger partial charge in [0.05, 0.1) is 31.8 Å². The molecule has 24 heavy (non-hydrogen) atoms. The summed E-state index contributed by atoms with van der Waals surface area (Å²) in [4.78, 5) is 22.8. The van der Waals surface area contributed by atoms with Crippen molar-refractivity contribution in [1.82, 2.24) is 9.97 Å². The number of esters is 1. The van der Waals surface area contributed by atoms with E-state index in [4.69, 9.17) is 14.2 Å². The molecule has 2 fully saturated rings. The number of hydrogen-bond acceptors (Lipinski definition) is 7. The number of hydrogen-bond donors (Lipinski definition) is 0. The predicted molar refractivity (Wildman–Crippen MR) is 83.4 cm³/mol. The second kappa shape index (κ2) is 6.25. The third kappa shape index (κ3) is 2.63. The van der Waals surface area contributed by atoms with Gasteiger partial charge in [0.2, 0.25) is 5.67 Å². The maximum Gasteiger partial charge on any atom is 0.346 e. The van der Waals surface area contributed by atoms with Gasteiger partial charge in [-0.25, -0.2) is 19.2 Å². The summed E-state index contributed by atoms with van der Waals surface area (Å²) in [5.41, 5.74) is -2.21. The Morgan fingerprint density at radius 1 is 1.42 bits per heavy atom. The van der Waals surface area contributed by atoms with Crippen molar-refractivity contribution in [3.05, 3.63) is 17.6 Å². The first-order valence-corrected chi connectivity index (χ1v) is 7.96. The molecule has 8 heteroatoms. The van der Waals surface area contributed by atoms with Crippen LogP contribution < -0.4 is 4.90 Å². The lowest BCUT2D eigenvalue weighted by molar-refractivity contribution is -0.196. The van der Waals surface area contributed by atoms with Crippen LogP contribution in [0.4, 0.5) is 10.2 Å². The minimum atomic E-state index is -2.10. The maximum atomic E-state index is 15.6. The van der Waals surface area contributed by atoms with Gasteiger partial charge in [0.15, 0.2) is 5.82 Å². The first-order valence-electron chi connectivity index (χ1n) is 7.96. The van der Waals surface area contributed by atoms with Crippen LogP contribution in [0.5, 0.6) is 0 Å². The van der Waals surface area contributed by atoms with Crippen LogP contribution in [0.1, 0.15) is 18.4 Å². The highest BCUT2D eigenvalue weighted by Gasteiger charge is 2.68. The van der Waals surface area contributed by atoms with E-state index in [1.165, 1.54) is 0 Å². The molecule has 1 spiro atoms. The zero-order valence-corrected chi connectivity index (χ0v) is 14.2. The van der Waals surface area contributed by atoms with Crippen molar-refractivity contribution in [3.63, 3.8) is 0 Å². The van der Waals surface area contributed by atoms with Gasteiger partial charge in [0, 0.05) is 25.4 Å². The molecule has 0 amide bonds. The third-order valence-corrected chi connectivity index (χ3v) is 4.58. The lowest BCUT2D eigenvalue weighted by Gasteiger charge is -2.43. The molecule has 7 nitrogen and oxygen atoms in total. The van der Waals surface area contributed by atoms with E-state index in [-0.39, 0.29) is 33.0 Å². The molecule has 1 unspecified atom stereocenters. The highest BCUT2D eigenvalue weighted by Crippen LogP contribution is 2.49. The minimum absolute atomic E-state index is 0.0991. The van der Waals surface area contributed by atoms with Crippen LogP contribution in [-0.4, -0.2) is 61.6 Å². The zero-order chi connectivity index (χ0) is 17.4. The summed E-state index contributed by atoms with van der Waals surface area (Å²) in [6.45, 7) is 4.59. The Morgan fingerprint density at radius 3 is 2.75 bits per heavy atom. The van der Waals surface area contributed by atoms with Crippen LogP contribution in [0, 0.1) is 12.3 Å². The summed E-state index contributed by atoms with van der Waals surface area (Å²) < 4.78 is 30.9. The van der Waals surface area contributed by atoms with Gasteiger partial charge in [0.25, 0.3) is 0 Å². The number of carbonyl (C=O) groups is 1. The molecule has 0 radical (unpaired) electrons. The van der Waals surface area contributed by atoms with E-state index in [9.17, 15) is 4.79 Å². The normalized spacial score (nSPS) is 24.9. The van der Waals surface area contributed by atoms with Crippen LogP contribution in [0.3, 0.4) is 0 Å². The van der Waals surface area contributed by atoms with E-state index >= 15 is 4.39 Å². The van der Waals surface area contributed by atoms with Crippen molar-refractivity contribution in [2.24, 2.45) is 5.41 Å². The van der Waals surface area contributed by atoms with Crippen molar-refractivity contribution in [2.75, 3.05) is 44.9 Å². The number of carbonyl (C=O) groups excluding carboxylic acids is 1. The van der Waals surface area contributed by atoms with Gasteiger partial charge in [-0.05, 0) is 13.8 Å². The van der Waals surface area contributed by atoms with Crippen molar-refractivity contribution in [2.45, 2.75) is 26.1 Å². The Kier molecular flexibility index (Phi) is 4.44. The molecule has 2 aliphatic rings. The number of aromatic nitrogens is 2. The van der Waals surface area contributed by atoms with Gasteiger partial charge in [-0.3, -0.25) is 0 Å². The second-order valence-electron chi connectivity index (χ2n) is 6.37. The SMILES string of the molecule is CCOC(=O)C1(F)CN(c2cc(C)nc(COC)n2)CC12COC2. The Morgan fingerprint density at radius 2 is 2.17 bits per heavy atom. The summed E-state index contributed by atoms with van der Waals surface area (Å²) >= 11 is 0. The van der Waals surface area contributed by atoms with Crippen LogP contribution >= 0.6 is 0 Å². The van der Waals surface area contributed by atoms with Gasteiger partial charge in [0.1, 0.15) is 12.4 Å². The smallest absolute Gasteiger partial charge is 0.346 e. The van der Waals surface area contributed by atoms with E-state index in [2.05, 4.69) is 9.97 Å². The van der Waals surface area contributed by atoms with E-state index in [1.807, 2.05) is 6.92 Å². The molecule has 0 aromatic carbocycles. The average molecular weight is 339 g/mol. The molecule has 0 aliphatic carbocycles. The van der Waals surface area contributed by atoms with E-state index in [0.717, 1.165) is 5.69 Å². The number of rotatable bonds is 5. The van der Waals surface area contributed by atoms with Crippen LogP contribution in [0.2, 0.25) is 0 Å². The molecule has 3 heterocycles. The average Bonchev–Trinajstić information content (AvgIpc) is 2.82. The molecular formula is C16H22FN3O4. The first kappa shape index (κ1) is 17.0. The summed E-state index contributed by atoms with van der Waals surface area (Å²) in [7, 11) is 1.56. The fraction of sp³-hybridized carbons (Fsp3) is 0.688. The molecule has 2 saturated heterocycles. The molecule has 0 saturated carbocycles. The van der Waals surface area contributed by atoms with Crippen molar-refractivity contribution < 1.29 is 23.4 Å². The van der Waals surface area contributed by atoms with E-state index in [1.54, 1.807) is 25.0 Å². The van der Waals surface area contributed by atoms with Crippen molar-refractivity contribution in [3.8, 4) is 0 Å². The van der Waals surface area contributed by atoms with E-state index in [0.29, 0.717) is 18.2 Å². The summed E-state index contributed by atoms with van der Waals surface area (Å²) in [5, 5.41) is 0. The standard InChI is InChI=1S/C16H22FN3O4/c1-4-24-14(21)16(17)8-20(7-15(16)9-23-10-15)13-5-11(2)18-12(19-13)6-22-3/h5H,4,6-10H2,1-3H3. The number of anilines is 1. The van der Waals surface area contributed by atoms with Crippen LogP contribution in [0.15, 0.2) is 6.07 Å². The van der Waals surface area contributed by atoms with Gasteiger partial charge >= 0.3 is 5.97 Å². The van der Waals surface area contributed by atoms with Crippen molar-refractivity contribution >= 4 is 11.8 Å². The molecule has 0 N–H and O–H groups in total. The predicted octanol–water partition coefficient (Wildman–Crippen LogP) is 1.04.